The largest absolute Gasteiger partial charge is 0.391 e. The molecule has 1 fully saturated rings. The summed E-state index contributed by atoms with van der Waals surface area (Å²) in [5.74, 6) is 0. The zero-order valence-corrected chi connectivity index (χ0v) is 15.3. The molecule has 1 heterocycles. The van der Waals surface area contributed by atoms with Gasteiger partial charge in [0, 0.05) is 13.2 Å². The van der Waals surface area contributed by atoms with Gasteiger partial charge in [0.15, 0.2) is 0 Å². The molecule has 5 heteroatoms. The topological polar surface area (TPSA) is 68.2 Å². The number of hydrogen-bond acceptors (Lipinski definition) is 5. The zero-order valence-electron chi connectivity index (χ0n) is 15.3. The van der Waals surface area contributed by atoms with Gasteiger partial charge in [-0.2, -0.15) is 0 Å². The van der Waals surface area contributed by atoms with Gasteiger partial charge in [0.25, 0.3) is 0 Å². The molecular weight excluding hydrogens is 308 g/mol. The predicted octanol–water partition coefficient (Wildman–Crippen LogP) is 2.84. The second-order valence-corrected chi connectivity index (χ2v) is 6.59. The Morgan fingerprint density at radius 3 is 2.04 bits per heavy atom. The molecule has 1 saturated heterocycles. The Hall–Kier alpha value is -0.460. The minimum absolute atomic E-state index is 0.384. The van der Waals surface area contributed by atoms with Crippen molar-refractivity contribution in [3.63, 3.8) is 0 Å². The van der Waals surface area contributed by atoms with Crippen LogP contribution in [0.5, 0.6) is 0 Å². The van der Waals surface area contributed by atoms with E-state index in [-0.39, 0.29) is 6.10 Å². The Bertz CT molecular complexity index is 313. The monoisotopic (exact) mass is 344 g/mol. The molecule has 5 nitrogen and oxygen atoms in total. The molecule has 1 aliphatic rings. The lowest BCUT2D eigenvalue weighted by Gasteiger charge is -2.17. The van der Waals surface area contributed by atoms with E-state index < -0.39 is 6.10 Å². The van der Waals surface area contributed by atoms with Crippen molar-refractivity contribution in [1.29, 1.82) is 0 Å². The zero-order chi connectivity index (χ0) is 17.5. The van der Waals surface area contributed by atoms with Gasteiger partial charge in [-0.3, -0.25) is 0 Å². The maximum absolute atomic E-state index is 9.87. The van der Waals surface area contributed by atoms with E-state index in [0.29, 0.717) is 19.8 Å². The van der Waals surface area contributed by atoms with Crippen LogP contribution < -0.4 is 0 Å². The highest BCUT2D eigenvalue weighted by atomic mass is 16.5. The SMILES string of the molecule is CCCCOCC(O)CCCCC(O)COCCCC=C1COC1. The molecule has 1 aliphatic heterocycles. The summed E-state index contributed by atoms with van der Waals surface area (Å²) in [5, 5.41) is 19.6. The Balaban J connectivity index is 1.82. The molecular formula is C19H36O5. The molecule has 2 N–H and O–H groups in total. The molecule has 1 rings (SSSR count). The van der Waals surface area contributed by atoms with Crippen molar-refractivity contribution in [3.8, 4) is 0 Å². The first-order valence-electron chi connectivity index (χ1n) is 9.49. The number of ether oxygens (including phenoxy) is 3. The molecule has 0 spiro atoms. The lowest BCUT2D eigenvalue weighted by atomic mass is 10.1. The van der Waals surface area contributed by atoms with Crippen molar-refractivity contribution in [2.24, 2.45) is 0 Å². The average Bonchev–Trinajstić information content (AvgIpc) is 2.53. The molecule has 0 aromatic rings. The molecule has 2 atom stereocenters. The minimum Gasteiger partial charge on any atom is -0.391 e. The van der Waals surface area contributed by atoms with E-state index in [1.165, 1.54) is 5.57 Å². The number of aliphatic hydroxyl groups excluding tert-OH is 2. The van der Waals surface area contributed by atoms with E-state index >= 15 is 0 Å². The van der Waals surface area contributed by atoms with Crippen molar-refractivity contribution >= 4 is 0 Å². The summed E-state index contributed by atoms with van der Waals surface area (Å²) in [4.78, 5) is 0. The van der Waals surface area contributed by atoms with Crippen LogP contribution in [0.1, 0.15) is 58.3 Å². The standard InChI is InChI=1S/C19H36O5/c1-2-3-11-22-15-18(20)9-4-5-10-19(21)16-23-12-7-6-8-17-13-24-14-17/h8,18-21H,2-7,9-16H2,1H3. The summed E-state index contributed by atoms with van der Waals surface area (Å²) in [6.07, 6.45) is 8.88. The highest BCUT2D eigenvalue weighted by Crippen LogP contribution is 2.10. The van der Waals surface area contributed by atoms with E-state index in [1.807, 2.05) is 0 Å². The lowest BCUT2D eigenvalue weighted by Crippen LogP contribution is -2.18. The second kappa shape index (κ2) is 14.8. The van der Waals surface area contributed by atoms with Crippen LogP contribution in [0.2, 0.25) is 0 Å². The van der Waals surface area contributed by atoms with Gasteiger partial charge in [-0.1, -0.05) is 32.3 Å². The van der Waals surface area contributed by atoms with Crippen LogP contribution in [-0.4, -0.2) is 62.1 Å². The summed E-state index contributed by atoms with van der Waals surface area (Å²) in [6, 6.07) is 0. The van der Waals surface area contributed by atoms with Crippen molar-refractivity contribution in [3.05, 3.63) is 11.6 Å². The number of unbranched alkanes of at least 4 members (excludes halogenated alkanes) is 3. The third-order valence-electron chi connectivity index (χ3n) is 4.09. The Morgan fingerprint density at radius 2 is 1.54 bits per heavy atom. The fourth-order valence-corrected chi connectivity index (χ4v) is 2.44. The van der Waals surface area contributed by atoms with Gasteiger partial charge in [0.05, 0.1) is 38.6 Å². The molecule has 0 aromatic heterocycles. The summed E-state index contributed by atoms with van der Waals surface area (Å²) in [7, 11) is 0. The van der Waals surface area contributed by atoms with E-state index in [9.17, 15) is 10.2 Å². The molecule has 2 unspecified atom stereocenters. The minimum atomic E-state index is -0.402. The van der Waals surface area contributed by atoms with Gasteiger partial charge in [-0.25, -0.2) is 0 Å². The molecule has 0 saturated carbocycles. The highest BCUT2D eigenvalue weighted by molar-refractivity contribution is 5.08. The van der Waals surface area contributed by atoms with Crippen LogP contribution in [0, 0.1) is 0 Å². The fraction of sp³-hybridized carbons (Fsp3) is 0.895. The quantitative estimate of drug-likeness (QED) is 0.333. The molecule has 142 valence electrons. The first kappa shape index (κ1) is 21.6. The van der Waals surface area contributed by atoms with E-state index in [2.05, 4.69) is 13.0 Å². The molecule has 0 radical (unpaired) electrons. The third-order valence-corrected chi connectivity index (χ3v) is 4.09. The van der Waals surface area contributed by atoms with Gasteiger partial charge < -0.3 is 24.4 Å². The fourth-order valence-electron chi connectivity index (χ4n) is 2.44. The van der Waals surface area contributed by atoms with Crippen LogP contribution in [-0.2, 0) is 14.2 Å². The molecule has 0 bridgehead atoms. The highest BCUT2D eigenvalue weighted by Gasteiger charge is 2.08. The van der Waals surface area contributed by atoms with E-state index in [0.717, 1.165) is 71.2 Å². The Kier molecular flexibility index (Phi) is 13.4. The smallest absolute Gasteiger partial charge is 0.0773 e. The van der Waals surface area contributed by atoms with Gasteiger partial charge in [0.2, 0.25) is 0 Å². The van der Waals surface area contributed by atoms with Gasteiger partial charge in [-0.15, -0.1) is 0 Å². The normalized spacial score (nSPS) is 16.7. The maximum atomic E-state index is 9.87. The van der Waals surface area contributed by atoms with Crippen LogP contribution in [0.4, 0.5) is 0 Å². The van der Waals surface area contributed by atoms with Gasteiger partial charge >= 0.3 is 0 Å². The number of aliphatic hydroxyl groups is 2. The molecule has 0 aromatic carbocycles. The van der Waals surface area contributed by atoms with Crippen LogP contribution in [0.25, 0.3) is 0 Å². The summed E-state index contributed by atoms with van der Waals surface area (Å²) in [5.41, 5.74) is 1.38. The Morgan fingerprint density at radius 1 is 0.958 bits per heavy atom. The van der Waals surface area contributed by atoms with E-state index in [4.69, 9.17) is 14.2 Å². The predicted molar refractivity (Wildman–Crippen MR) is 95.2 cm³/mol. The lowest BCUT2D eigenvalue weighted by molar-refractivity contribution is 0.0232. The molecule has 24 heavy (non-hydrogen) atoms. The number of allylic oxidation sites excluding steroid dienone is 1. The van der Waals surface area contributed by atoms with Crippen LogP contribution in [0.15, 0.2) is 11.6 Å². The van der Waals surface area contributed by atoms with Crippen molar-refractivity contribution < 1.29 is 24.4 Å². The summed E-state index contributed by atoms with van der Waals surface area (Å²) < 4.78 is 16.0. The molecule has 0 amide bonds. The van der Waals surface area contributed by atoms with Crippen LogP contribution in [0.3, 0.4) is 0 Å². The number of hydrogen-bond donors (Lipinski definition) is 2. The van der Waals surface area contributed by atoms with Gasteiger partial charge in [0.1, 0.15) is 0 Å². The van der Waals surface area contributed by atoms with Crippen LogP contribution >= 0.6 is 0 Å². The van der Waals surface area contributed by atoms with Crippen molar-refractivity contribution in [2.75, 3.05) is 39.6 Å². The van der Waals surface area contributed by atoms with E-state index in [1.54, 1.807) is 0 Å². The summed E-state index contributed by atoms with van der Waals surface area (Å²) in [6.45, 7) is 5.95. The summed E-state index contributed by atoms with van der Waals surface area (Å²) >= 11 is 0. The second-order valence-electron chi connectivity index (χ2n) is 6.59. The molecule has 0 aliphatic carbocycles. The maximum Gasteiger partial charge on any atom is 0.0773 e. The number of rotatable bonds is 16. The van der Waals surface area contributed by atoms with Crippen molar-refractivity contribution in [2.45, 2.75) is 70.5 Å². The first-order valence-corrected chi connectivity index (χ1v) is 9.49. The van der Waals surface area contributed by atoms with Gasteiger partial charge in [-0.05, 0) is 37.7 Å². The third kappa shape index (κ3) is 12.0. The average molecular weight is 344 g/mol. The van der Waals surface area contributed by atoms with Crippen molar-refractivity contribution in [1.82, 2.24) is 0 Å². The first-order chi connectivity index (χ1) is 11.7. The Labute approximate surface area is 147 Å².